The van der Waals surface area contributed by atoms with Gasteiger partial charge in [0.1, 0.15) is 18.8 Å². The third-order valence-corrected chi connectivity index (χ3v) is 4.38. The van der Waals surface area contributed by atoms with Crippen molar-refractivity contribution in [3.8, 4) is 0 Å². The molecule has 0 aliphatic heterocycles. The van der Waals surface area contributed by atoms with Crippen LogP contribution < -0.4 is 0 Å². The number of benzene rings is 4. The Kier molecular flexibility index (Phi) is 3.42. The number of hydrogen-bond acceptors (Lipinski definition) is 3. The van der Waals surface area contributed by atoms with E-state index in [0.29, 0.717) is 0 Å². The van der Waals surface area contributed by atoms with Crippen LogP contribution in [-0.2, 0) is 20.9 Å². The minimum atomic E-state index is -0.479. The standard InChI is InChI=1S/C21H16O3/c1-13(22)10-19(23)24-12-17-11-16-6-2-4-14-8-9-15-5-3-7-18(17)21(15)20(14)16/h2-9,11H,10,12H2,1H3. The summed E-state index contributed by atoms with van der Waals surface area (Å²) in [4.78, 5) is 22.7. The van der Waals surface area contributed by atoms with E-state index >= 15 is 0 Å². The number of carbonyl (C=O) groups excluding carboxylic acids is 2. The van der Waals surface area contributed by atoms with Crippen molar-refractivity contribution in [3.63, 3.8) is 0 Å². The summed E-state index contributed by atoms with van der Waals surface area (Å²) in [6, 6.07) is 18.7. The predicted octanol–water partition coefficient (Wildman–Crippen LogP) is 4.61. The number of Topliss-reactive ketones (excluding diaryl/α,β-unsaturated/α-hetero) is 1. The maximum Gasteiger partial charge on any atom is 0.313 e. The molecular weight excluding hydrogens is 300 g/mol. The first-order valence-corrected chi connectivity index (χ1v) is 7.94. The molecule has 0 aliphatic rings. The molecule has 0 unspecified atom stereocenters. The molecular formula is C21H16O3. The monoisotopic (exact) mass is 316 g/mol. The third kappa shape index (κ3) is 2.38. The molecule has 4 aromatic carbocycles. The van der Waals surface area contributed by atoms with Gasteiger partial charge in [0.25, 0.3) is 0 Å². The van der Waals surface area contributed by atoms with Crippen LogP contribution >= 0.6 is 0 Å². The van der Waals surface area contributed by atoms with Gasteiger partial charge in [0.05, 0.1) is 0 Å². The molecule has 24 heavy (non-hydrogen) atoms. The molecule has 0 radical (unpaired) electrons. The first kappa shape index (κ1) is 14.6. The van der Waals surface area contributed by atoms with Gasteiger partial charge >= 0.3 is 5.97 Å². The molecule has 0 bridgehead atoms. The fraction of sp³-hybridized carbons (Fsp3) is 0.143. The Balaban J connectivity index is 1.86. The van der Waals surface area contributed by atoms with E-state index in [1.807, 2.05) is 12.1 Å². The average Bonchev–Trinajstić information content (AvgIpc) is 2.57. The second-order valence-corrected chi connectivity index (χ2v) is 6.12. The largest absolute Gasteiger partial charge is 0.460 e. The molecule has 0 atom stereocenters. The lowest BCUT2D eigenvalue weighted by Gasteiger charge is -2.14. The molecule has 118 valence electrons. The summed E-state index contributed by atoms with van der Waals surface area (Å²) in [6.07, 6.45) is -0.177. The smallest absolute Gasteiger partial charge is 0.313 e. The highest BCUT2D eigenvalue weighted by atomic mass is 16.5. The molecule has 4 rings (SSSR count). The second-order valence-electron chi connectivity index (χ2n) is 6.12. The first-order chi connectivity index (χ1) is 11.6. The summed E-state index contributed by atoms with van der Waals surface area (Å²) < 4.78 is 5.31. The average molecular weight is 316 g/mol. The highest BCUT2D eigenvalue weighted by Crippen LogP contribution is 2.36. The maximum atomic E-state index is 11.7. The summed E-state index contributed by atoms with van der Waals surface area (Å²) in [5.41, 5.74) is 0.962. The van der Waals surface area contributed by atoms with Crippen LogP contribution in [0.4, 0.5) is 0 Å². The third-order valence-electron chi connectivity index (χ3n) is 4.38. The summed E-state index contributed by atoms with van der Waals surface area (Å²) >= 11 is 0. The Bertz CT molecular complexity index is 1080. The Morgan fingerprint density at radius 3 is 2.29 bits per heavy atom. The molecule has 0 heterocycles. The zero-order valence-corrected chi connectivity index (χ0v) is 13.3. The van der Waals surface area contributed by atoms with Gasteiger partial charge in [-0.25, -0.2) is 0 Å². The topological polar surface area (TPSA) is 43.4 Å². The molecule has 3 heteroatoms. The quantitative estimate of drug-likeness (QED) is 0.314. The first-order valence-electron chi connectivity index (χ1n) is 7.94. The van der Waals surface area contributed by atoms with Gasteiger partial charge in [0.2, 0.25) is 0 Å². The summed E-state index contributed by atoms with van der Waals surface area (Å²) in [6.45, 7) is 1.56. The molecule has 0 aliphatic carbocycles. The van der Waals surface area contributed by atoms with Gasteiger partial charge in [-0.1, -0.05) is 48.5 Å². The van der Waals surface area contributed by atoms with Gasteiger partial charge < -0.3 is 4.74 Å². The Labute approximate surface area is 139 Å². The summed E-state index contributed by atoms with van der Waals surface area (Å²) in [5.74, 6) is -0.664. The molecule has 0 aromatic heterocycles. The minimum Gasteiger partial charge on any atom is -0.460 e. The van der Waals surface area contributed by atoms with E-state index in [2.05, 4.69) is 42.5 Å². The lowest BCUT2D eigenvalue weighted by atomic mass is 9.91. The second kappa shape index (κ2) is 5.60. The van der Waals surface area contributed by atoms with Crippen molar-refractivity contribution < 1.29 is 14.3 Å². The Morgan fingerprint density at radius 1 is 0.875 bits per heavy atom. The van der Waals surface area contributed by atoms with Crippen LogP contribution in [0.15, 0.2) is 54.6 Å². The van der Waals surface area contributed by atoms with Crippen LogP contribution in [0.2, 0.25) is 0 Å². The van der Waals surface area contributed by atoms with Crippen molar-refractivity contribution in [2.24, 2.45) is 0 Å². The van der Waals surface area contributed by atoms with E-state index in [4.69, 9.17) is 4.74 Å². The van der Waals surface area contributed by atoms with E-state index in [0.717, 1.165) is 16.3 Å². The zero-order chi connectivity index (χ0) is 16.7. The van der Waals surface area contributed by atoms with E-state index in [1.165, 1.54) is 28.5 Å². The highest BCUT2D eigenvalue weighted by Gasteiger charge is 2.13. The molecule has 3 nitrogen and oxygen atoms in total. The normalized spacial score (nSPS) is 11.4. The number of carbonyl (C=O) groups is 2. The highest BCUT2D eigenvalue weighted by molar-refractivity contribution is 6.23. The maximum absolute atomic E-state index is 11.7. The molecule has 0 saturated heterocycles. The number of hydrogen-bond donors (Lipinski definition) is 0. The fourth-order valence-corrected chi connectivity index (χ4v) is 3.37. The van der Waals surface area contributed by atoms with Crippen molar-refractivity contribution >= 4 is 44.1 Å². The molecule has 0 spiro atoms. The van der Waals surface area contributed by atoms with Crippen molar-refractivity contribution in [2.75, 3.05) is 0 Å². The van der Waals surface area contributed by atoms with Crippen molar-refractivity contribution in [3.05, 3.63) is 60.2 Å². The summed E-state index contributed by atoms with van der Waals surface area (Å²) in [5, 5.41) is 7.04. The van der Waals surface area contributed by atoms with Gasteiger partial charge in [-0.15, -0.1) is 0 Å². The zero-order valence-electron chi connectivity index (χ0n) is 13.3. The number of rotatable bonds is 4. The molecule has 0 N–H and O–H groups in total. The SMILES string of the molecule is CC(=O)CC(=O)OCc1cc2cccc3ccc4cccc1c4c32. The van der Waals surface area contributed by atoms with E-state index in [-0.39, 0.29) is 18.8 Å². The van der Waals surface area contributed by atoms with Crippen LogP contribution in [0.25, 0.3) is 32.3 Å². The lowest BCUT2D eigenvalue weighted by Crippen LogP contribution is -2.09. The Morgan fingerprint density at radius 2 is 1.54 bits per heavy atom. The van der Waals surface area contributed by atoms with Crippen LogP contribution in [-0.4, -0.2) is 11.8 Å². The summed E-state index contributed by atoms with van der Waals surface area (Å²) in [7, 11) is 0. The van der Waals surface area contributed by atoms with Crippen LogP contribution in [0.3, 0.4) is 0 Å². The van der Waals surface area contributed by atoms with E-state index in [9.17, 15) is 9.59 Å². The van der Waals surface area contributed by atoms with Crippen molar-refractivity contribution in [1.82, 2.24) is 0 Å². The van der Waals surface area contributed by atoms with Gasteiger partial charge in [0, 0.05) is 0 Å². The lowest BCUT2D eigenvalue weighted by molar-refractivity contribution is -0.146. The van der Waals surface area contributed by atoms with Crippen LogP contribution in [0.1, 0.15) is 18.9 Å². The van der Waals surface area contributed by atoms with E-state index in [1.54, 1.807) is 0 Å². The molecule has 4 aromatic rings. The van der Waals surface area contributed by atoms with Gasteiger partial charge in [-0.3, -0.25) is 9.59 Å². The van der Waals surface area contributed by atoms with Crippen LogP contribution in [0, 0.1) is 0 Å². The number of ketones is 1. The Hall–Kier alpha value is -2.94. The van der Waals surface area contributed by atoms with Crippen molar-refractivity contribution in [1.29, 1.82) is 0 Å². The van der Waals surface area contributed by atoms with Gasteiger partial charge in [0.15, 0.2) is 0 Å². The number of ether oxygens (including phenoxy) is 1. The molecule has 0 fully saturated rings. The predicted molar refractivity (Wildman–Crippen MR) is 95.2 cm³/mol. The molecule has 0 amide bonds. The van der Waals surface area contributed by atoms with Gasteiger partial charge in [-0.05, 0) is 50.9 Å². The number of esters is 1. The minimum absolute atomic E-state index is 0.177. The van der Waals surface area contributed by atoms with Crippen molar-refractivity contribution in [2.45, 2.75) is 20.0 Å². The molecule has 0 saturated carbocycles. The van der Waals surface area contributed by atoms with Gasteiger partial charge in [-0.2, -0.15) is 0 Å². The van der Waals surface area contributed by atoms with E-state index < -0.39 is 5.97 Å². The van der Waals surface area contributed by atoms with Crippen LogP contribution in [0.5, 0.6) is 0 Å². The fourth-order valence-electron chi connectivity index (χ4n) is 3.37.